The zero-order valence-electron chi connectivity index (χ0n) is 18.0. The van der Waals surface area contributed by atoms with Crippen molar-refractivity contribution in [3.05, 3.63) is 131 Å². The number of hydrogen-bond acceptors (Lipinski definition) is 6. The maximum absolute atomic E-state index is 12.4. The van der Waals surface area contributed by atoms with E-state index in [1.54, 1.807) is 66.9 Å². The first-order chi connectivity index (χ1) is 16.6. The maximum atomic E-state index is 12.4. The van der Waals surface area contributed by atoms with Gasteiger partial charge in [0.1, 0.15) is 11.5 Å². The zero-order valence-corrected chi connectivity index (χ0v) is 18.0. The number of hydroxylamine groups is 1. The Morgan fingerprint density at radius 1 is 0.706 bits per heavy atom. The third-order valence-electron chi connectivity index (χ3n) is 5.74. The molecule has 2 aliphatic heterocycles. The number of para-hydroxylation sites is 1. The van der Waals surface area contributed by atoms with Gasteiger partial charge in [-0.1, -0.05) is 60.7 Å². The third-order valence-corrected chi connectivity index (χ3v) is 5.74. The van der Waals surface area contributed by atoms with Crippen LogP contribution >= 0.6 is 0 Å². The Morgan fingerprint density at radius 2 is 1.29 bits per heavy atom. The zero-order chi connectivity index (χ0) is 23.5. The number of hydrogen-bond donors (Lipinski definition) is 3. The van der Waals surface area contributed by atoms with Crippen LogP contribution in [-0.4, -0.2) is 16.2 Å². The SMILES string of the molecule is C1=Cc2ccccc2ON1.O=C1OC(c2ccc(O)cc2)(c2ccc(O)cc2)c2ccccc21. The first-order valence-corrected chi connectivity index (χ1v) is 10.7. The summed E-state index contributed by atoms with van der Waals surface area (Å²) < 4.78 is 5.87. The van der Waals surface area contributed by atoms with E-state index in [1.807, 2.05) is 42.5 Å². The minimum absolute atomic E-state index is 0.136. The molecule has 6 heteroatoms. The van der Waals surface area contributed by atoms with Gasteiger partial charge in [-0.3, -0.25) is 0 Å². The molecule has 3 N–H and O–H groups in total. The molecule has 0 saturated carbocycles. The second-order valence-electron chi connectivity index (χ2n) is 7.80. The molecule has 2 heterocycles. The highest BCUT2D eigenvalue weighted by molar-refractivity contribution is 5.96. The first-order valence-electron chi connectivity index (χ1n) is 10.7. The van der Waals surface area contributed by atoms with Crippen LogP contribution in [0.15, 0.2) is 103 Å². The molecule has 0 saturated heterocycles. The Bertz CT molecular complexity index is 1310. The van der Waals surface area contributed by atoms with E-state index in [1.165, 1.54) is 0 Å². The molecule has 6 nitrogen and oxygen atoms in total. The van der Waals surface area contributed by atoms with Gasteiger partial charge in [0.2, 0.25) is 0 Å². The number of carbonyl (C=O) groups excluding carboxylic acids is 1. The van der Waals surface area contributed by atoms with Gasteiger partial charge in [0.15, 0.2) is 11.4 Å². The summed E-state index contributed by atoms with van der Waals surface area (Å²) in [5.74, 6) is 0.756. The molecule has 34 heavy (non-hydrogen) atoms. The van der Waals surface area contributed by atoms with Gasteiger partial charge in [-0.25, -0.2) is 10.3 Å². The highest BCUT2D eigenvalue weighted by Gasteiger charge is 2.48. The topological polar surface area (TPSA) is 88.0 Å². The average molecular weight is 451 g/mol. The normalized spacial score (nSPS) is 14.4. The lowest BCUT2D eigenvalue weighted by molar-refractivity contribution is 0.0251. The van der Waals surface area contributed by atoms with Crippen LogP contribution in [0.25, 0.3) is 6.08 Å². The number of nitrogens with one attached hydrogen (secondary N) is 1. The van der Waals surface area contributed by atoms with E-state index >= 15 is 0 Å². The Hall–Kier alpha value is -4.71. The van der Waals surface area contributed by atoms with Gasteiger partial charge < -0.3 is 19.8 Å². The highest BCUT2D eigenvalue weighted by atomic mass is 16.6. The number of benzene rings is 4. The summed E-state index contributed by atoms with van der Waals surface area (Å²) in [5, 5.41) is 19.2. The summed E-state index contributed by atoms with van der Waals surface area (Å²) in [6, 6.07) is 28.3. The summed E-state index contributed by atoms with van der Waals surface area (Å²) in [7, 11) is 0. The number of fused-ring (bicyclic) bond motifs is 2. The molecule has 0 radical (unpaired) electrons. The lowest BCUT2D eigenvalue weighted by Gasteiger charge is -2.30. The molecule has 2 aliphatic rings. The molecule has 0 fully saturated rings. The number of aromatic hydroxyl groups is 2. The van der Waals surface area contributed by atoms with Crippen molar-refractivity contribution in [1.29, 1.82) is 0 Å². The fourth-order valence-corrected chi connectivity index (χ4v) is 4.14. The van der Waals surface area contributed by atoms with Crippen LogP contribution < -0.4 is 10.3 Å². The summed E-state index contributed by atoms with van der Waals surface area (Å²) >= 11 is 0. The Balaban J connectivity index is 0.000000200. The number of phenolic OH excluding ortho intramolecular Hbond substituents is 2. The monoisotopic (exact) mass is 451 g/mol. The number of phenols is 2. The van der Waals surface area contributed by atoms with E-state index < -0.39 is 11.6 Å². The van der Waals surface area contributed by atoms with Crippen LogP contribution in [0.3, 0.4) is 0 Å². The molecule has 4 aromatic carbocycles. The summed E-state index contributed by atoms with van der Waals surface area (Å²) in [5.41, 5.74) is 5.38. The van der Waals surface area contributed by atoms with Crippen molar-refractivity contribution in [3.63, 3.8) is 0 Å². The Labute approximate surface area is 196 Å². The van der Waals surface area contributed by atoms with Crippen molar-refractivity contribution >= 4 is 12.0 Å². The van der Waals surface area contributed by atoms with E-state index in [4.69, 9.17) is 9.57 Å². The Morgan fingerprint density at radius 3 is 1.94 bits per heavy atom. The van der Waals surface area contributed by atoms with Gasteiger partial charge in [0, 0.05) is 28.5 Å². The van der Waals surface area contributed by atoms with Crippen LogP contribution in [0.1, 0.15) is 32.6 Å². The highest BCUT2D eigenvalue weighted by Crippen LogP contribution is 2.47. The lowest BCUT2D eigenvalue weighted by Crippen LogP contribution is -2.29. The van der Waals surface area contributed by atoms with Crippen LogP contribution in [0.5, 0.6) is 17.2 Å². The second kappa shape index (κ2) is 8.67. The quantitative estimate of drug-likeness (QED) is 0.367. The van der Waals surface area contributed by atoms with E-state index in [0.29, 0.717) is 5.56 Å². The number of rotatable bonds is 2. The number of cyclic esters (lactones) is 1. The molecule has 0 aliphatic carbocycles. The molecule has 0 spiro atoms. The summed E-state index contributed by atoms with van der Waals surface area (Å²) in [4.78, 5) is 17.5. The van der Waals surface area contributed by atoms with Gasteiger partial charge in [0.25, 0.3) is 0 Å². The average Bonchev–Trinajstić information content (AvgIpc) is 3.19. The van der Waals surface area contributed by atoms with Crippen LogP contribution in [0.4, 0.5) is 0 Å². The first kappa shape index (κ1) is 21.2. The molecular formula is C28H21NO5. The summed E-state index contributed by atoms with van der Waals surface area (Å²) in [6.45, 7) is 0. The smallest absolute Gasteiger partial charge is 0.340 e. The molecule has 0 unspecified atom stereocenters. The number of ether oxygens (including phenoxy) is 1. The van der Waals surface area contributed by atoms with Crippen molar-refractivity contribution in [3.8, 4) is 17.2 Å². The van der Waals surface area contributed by atoms with Crippen LogP contribution in [0.2, 0.25) is 0 Å². The molecule has 4 aromatic rings. The fraction of sp³-hybridized carbons (Fsp3) is 0.0357. The molecule has 6 rings (SSSR count). The van der Waals surface area contributed by atoms with Crippen molar-refractivity contribution in [2.45, 2.75) is 5.60 Å². The Kier molecular flexibility index (Phi) is 5.40. The van der Waals surface area contributed by atoms with Gasteiger partial charge in [-0.05, 0) is 42.5 Å². The lowest BCUT2D eigenvalue weighted by atomic mass is 9.80. The molecule has 0 amide bonds. The predicted molar refractivity (Wildman–Crippen MR) is 127 cm³/mol. The number of esters is 1. The summed E-state index contributed by atoms with van der Waals surface area (Å²) in [6.07, 6.45) is 3.74. The van der Waals surface area contributed by atoms with Crippen molar-refractivity contribution in [2.24, 2.45) is 0 Å². The van der Waals surface area contributed by atoms with Crippen molar-refractivity contribution < 1.29 is 24.6 Å². The number of carbonyl (C=O) groups is 1. The molecule has 0 bridgehead atoms. The molecular weight excluding hydrogens is 430 g/mol. The van der Waals surface area contributed by atoms with E-state index in [-0.39, 0.29) is 11.5 Å². The predicted octanol–water partition coefficient (Wildman–Crippen LogP) is 5.11. The maximum Gasteiger partial charge on any atom is 0.340 e. The van der Waals surface area contributed by atoms with Crippen LogP contribution in [0, 0.1) is 0 Å². The molecule has 168 valence electrons. The van der Waals surface area contributed by atoms with E-state index in [2.05, 4.69) is 5.48 Å². The molecule has 0 aromatic heterocycles. The van der Waals surface area contributed by atoms with Crippen molar-refractivity contribution in [1.82, 2.24) is 5.48 Å². The van der Waals surface area contributed by atoms with Gasteiger partial charge in [-0.2, -0.15) is 0 Å². The minimum atomic E-state index is -1.10. The van der Waals surface area contributed by atoms with E-state index in [9.17, 15) is 15.0 Å². The van der Waals surface area contributed by atoms with Gasteiger partial charge >= 0.3 is 5.97 Å². The van der Waals surface area contributed by atoms with Gasteiger partial charge in [-0.15, -0.1) is 0 Å². The third kappa shape index (κ3) is 3.71. The minimum Gasteiger partial charge on any atom is -0.508 e. The second-order valence-corrected chi connectivity index (χ2v) is 7.80. The van der Waals surface area contributed by atoms with Crippen LogP contribution in [-0.2, 0) is 10.3 Å². The fourth-order valence-electron chi connectivity index (χ4n) is 4.14. The van der Waals surface area contributed by atoms with Crippen molar-refractivity contribution in [2.75, 3.05) is 0 Å². The standard InChI is InChI=1S/C20H14O4.C8H7NO/c21-15-9-5-13(6-10-15)20(14-7-11-16(22)12-8-14)18-4-2-1-3-17(18)19(23)24-20;1-2-4-8-7(3-1)5-6-9-10-8/h1-12,21-22H;1-6,9H. The molecule has 0 atom stereocenters. The van der Waals surface area contributed by atoms with Gasteiger partial charge in [0.05, 0.1) is 5.56 Å². The largest absolute Gasteiger partial charge is 0.508 e. The van der Waals surface area contributed by atoms with E-state index in [0.717, 1.165) is 28.0 Å².